The SMILES string of the molecule is CC1(C)c2ccccc2-c2cc3c(cc21)c1ccccc1n3-c1nc(-c2ccccc2)nc(C2C=CC=CC2)n1. The van der Waals surface area contributed by atoms with Gasteiger partial charge in [-0.05, 0) is 46.9 Å². The number of para-hydroxylation sites is 1. The van der Waals surface area contributed by atoms with Crippen molar-refractivity contribution in [2.75, 3.05) is 0 Å². The first-order valence-corrected chi connectivity index (χ1v) is 13.9. The highest BCUT2D eigenvalue weighted by atomic mass is 15.2. The van der Waals surface area contributed by atoms with Crippen LogP contribution in [0.5, 0.6) is 0 Å². The molecule has 40 heavy (non-hydrogen) atoms. The molecule has 0 spiro atoms. The predicted octanol–water partition coefficient (Wildman–Crippen LogP) is 8.54. The maximum atomic E-state index is 5.15. The summed E-state index contributed by atoms with van der Waals surface area (Å²) in [6, 6.07) is 32.4. The summed E-state index contributed by atoms with van der Waals surface area (Å²) in [7, 11) is 0. The van der Waals surface area contributed by atoms with Crippen LogP contribution in [0.4, 0.5) is 0 Å². The van der Waals surface area contributed by atoms with E-state index in [2.05, 4.69) is 116 Å². The van der Waals surface area contributed by atoms with Gasteiger partial charge < -0.3 is 0 Å². The molecule has 6 aromatic rings. The van der Waals surface area contributed by atoms with Gasteiger partial charge in [0.1, 0.15) is 5.82 Å². The Bertz CT molecular complexity index is 2010. The maximum absolute atomic E-state index is 5.15. The molecule has 0 aliphatic heterocycles. The van der Waals surface area contributed by atoms with Crippen LogP contribution in [-0.4, -0.2) is 19.5 Å². The van der Waals surface area contributed by atoms with Gasteiger partial charge >= 0.3 is 0 Å². The molecule has 4 aromatic carbocycles. The van der Waals surface area contributed by atoms with Crippen molar-refractivity contribution in [2.45, 2.75) is 31.6 Å². The lowest BCUT2D eigenvalue weighted by atomic mass is 9.82. The largest absolute Gasteiger partial charge is 0.278 e. The molecule has 0 fully saturated rings. The van der Waals surface area contributed by atoms with Crippen molar-refractivity contribution in [3.8, 4) is 28.5 Å². The van der Waals surface area contributed by atoms with Crippen molar-refractivity contribution < 1.29 is 0 Å². The van der Waals surface area contributed by atoms with E-state index in [1.807, 2.05) is 18.2 Å². The molecule has 4 heteroatoms. The minimum atomic E-state index is -0.0645. The Balaban J connectivity index is 1.44. The molecule has 0 saturated heterocycles. The van der Waals surface area contributed by atoms with E-state index in [0.717, 1.165) is 28.8 Å². The van der Waals surface area contributed by atoms with Crippen LogP contribution in [0.15, 0.2) is 115 Å². The highest BCUT2D eigenvalue weighted by molar-refractivity contribution is 6.11. The topological polar surface area (TPSA) is 43.6 Å². The van der Waals surface area contributed by atoms with Crippen molar-refractivity contribution in [1.29, 1.82) is 0 Å². The van der Waals surface area contributed by atoms with E-state index < -0.39 is 0 Å². The fourth-order valence-electron chi connectivity index (χ4n) is 6.51. The molecule has 0 radical (unpaired) electrons. The Kier molecular flexibility index (Phi) is 4.96. The van der Waals surface area contributed by atoms with Crippen molar-refractivity contribution in [3.63, 3.8) is 0 Å². The first-order valence-electron chi connectivity index (χ1n) is 13.9. The monoisotopic (exact) mass is 516 g/mol. The van der Waals surface area contributed by atoms with Crippen LogP contribution in [0, 0.1) is 0 Å². The molecule has 0 amide bonds. The quantitative estimate of drug-likeness (QED) is 0.237. The van der Waals surface area contributed by atoms with Crippen molar-refractivity contribution in [1.82, 2.24) is 19.5 Å². The zero-order chi connectivity index (χ0) is 26.8. The lowest BCUT2D eigenvalue weighted by Gasteiger charge is -2.21. The third-order valence-corrected chi connectivity index (χ3v) is 8.56. The molecule has 0 saturated carbocycles. The molecule has 4 nitrogen and oxygen atoms in total. The summed E-state index contributed by atoms with van der Waals surface area (Å²) in [6.07, 6.45) is 9.41. The average Bonchev–Trinajstić information content (AvgIpc) is 3.45. The van der Waals surface area contributed by atoms with E-state index in [4.69, 9.17) is 15.0 Å². The third kappa shape index (κ3) is 3.35. The fraction of sp³-hybridized carbons (Fsp3) is 0.139. The number of fused-ring (bicyclic) bond motifs is 6. The van der Waals surface area contributed by atoms with Crippen LogP contribution in [0.2, 0.25) is 0 Å². The maximum Gasteiger partial charge on any atom is 0.238 e. The molecule has 1 unspecified atom stereocenters. The molecule has 8 rings (SSSR count). The summed E-state index contributed by atoms with van der Waals surface area (Å²) in [4.78, 5) is 15.2. The van der Waals surface area contributed by atoms with Gasteiger partial charge in [0.15, 0.2) is 5.82 Å². The number of allylic oxidation sites excluding steroid dienone is 4. The first-order chi connectivity index (χ1) is 19.6. The van der Waals surface area contributed by atoms with Gasteiger partial charge in [-0.25, -0.2) is 4.98 Å². The predicted molar refractivity (Wildman–Crippen MR) is 163 cm³/mol. The lowest BCUT2D eigenvalue weighted by molar-refractivity contribution is 0.661. The van der Waals surface area contributed by atoms with Gasteiger partial charge in [-0.2, -0.15) is 9.97 Å². The number of hydrogen-bond donors (Lipinski definition) is 0. The van der Waals surface area contributed by atoms with E-state index in [1.54, 1.807) is 0 Å². The second-order valence-corrected chi connectivity index (χ2v) is 11.3. The Morgan fingerprint density at radius 3 is 2.35 bits per heavy atom. The van der Waals surface area contributed by atoms with Gasteiger partial charge in [0.05, 0.1) is 11.0 Å². The van der Waals surface area contributed by atoms with Gasteiger partial charge in [0, 0.05) is 27.7 Å². The third-order valence-electron chi connectivity index (χ3n) is 8.56. The summed E-state index contributed by atoms with van der Waals surface area (Å²) >= 11 is 0. The standard InChI is InChI=1S/C36H28N4/c1-36(2)29-19-11-9-17-25(29)27-22-32-28(21-30(27)36)26-18-10-12-20-31(26)40(32)35-38-33(23-13-5-3-6-14-23)37-34(39-35)24-15-7-4-8-16-24/h3-15,17-22,24H,16H2,1-2H3. The molecule has 2 aliphatic rings. The highest BCUT2D eigenvalue weighted by Gasteiger charge is 2.36. The normalized spacial score (nSPS) is 16.9. The molecular formula is C36H28N4. The van der Waals surface area contributed by atoms with Crippen molar-refractivity contribution in [2.24, 2.45) is 0 Å². The Morgan fingerprint density at radius 2 is 1.50 bits per heavy atom. The van der Waals surface area contributed by atoms with Crippen LogP contribution in [0.25, 0.3) is 50.3 Å². The van der Waals surface area contributed by atoms with Crippen LogP contribution in [0.1, 0.15) is 43.1 Å². The lowest BCUT2D eigenvalue weighted by Crippen LogP contribution is -2.14. The second-order valence-electron chi connectivity index (χ2n) is 11.3. The second kappa shape index (κ2) is 8.59. The summed E-state index contributed by atoms with van der Waals surface area (Å²) < 4.78 is 2.24. The van der Waals surface area contributed by atoms with Crippen LogP contribution < -0.4 is 0 Å². The van der Waals surface area contributed by atoms with Crippen molar-refractivity contribution in [3.05, 3.63) is 132 Å². The summed E-state index contributed by atoms with van der Waals surface area (Å²) in [5.74, 6) is 2.26. The average molecular weight is 517 g/mol. The number of nitrogens with zero attached hydrogens (tertiary/aromatic N) is 4. The Morgan fingerprint density at radius 1 is 0.700 bits per heavy atom. The number of rotatable bonds is 3. The van der Waals surface area contributed by atoms with Crippen LogP contribution in [-0.2, 0) is 5.41 Å². The van der Waals surface area contributed by atoms with Gasteiger partial charge in [-0.3, -0.25) is 4.57 Å². The van der Waals surface area contributed by atoms with E-state index in [1.165, 1.54) is 33.0 Å². The van der Waals surface area contributed by atoms with Gasteiger partial charge in [0.2, 0.25) is 5.95 Å². The highest BCUT2D eigenvalue weighted by Crippen LogP contribution is 2.50. The van der Waals surface area contributed by atoms with Crippen LogP contribution >= 0.6 is 0 Å². The molecule has 2 aliphatic carbocycles. The molecule has 0 bridgehead atoms. The number of hydrogen-bond acceptors (Lipinski definition) is 3. The van der Waals surface area contributed by atoms with E-state index in [9.17, 15) is 0 Å². The minimum absolute atomic E-state index is 0.0645. The Hall–Kier alpha value is -4.83. The van der Waals surface area contributed by atoms with Crippen molar-refractivity contribution >= 4 is 21.8 Å². The number of benzene rings is 4. The summed E-state index contributed by atoms with van der Waals surface area (Å²) in [5, 5.41) is 2.43. The van der Waals surface area contributed by atoms with E-state index >= 15 is 0 Å². The molecule has 2 heterocycles. The molecule has 2 aromatic heterocycles. The summed E-state index contributed by atoms with van der Waals surface area (Å²) in [5.41, 5.74) is 8.47. The van der Waals surface area contributed by atoms with Crippen LogP contribution in [0.3, 0.4) is 0 Å². The zero-order valence-corrected chi connectivity index (χ0v) is 22.5. The zero-order valence-electron chi connectivity index (χ0n) is 22.5. The Labute approximate surface area is 233 Å². The van der Waals surface area contributed by atoms with Gasteiger partial charge in [0.25, 0.3) is 0 Å². The smallest absolute Gasteiger partial charge is 0.238 e. The molecule has 1 atom stereocenters. The van der Waals surface area contributed by atoms with Gasteiger partial charge in [-0.1, -0.05) is 111 Å². The van der Waals surface area contributed by atoms with E-state index in [0.29, 0.717) is 11.8 Å². The summed E-state index contributed by atoms with van der Waals surface area (Å²) in [6.45, 7) is 4.67. The fourth-order valence-corrected chi connectivity index (χ4v) is 6.51. The molecule has 0 N–H and O–H groups in total. The van der Waals surface area contributed by atoms with E-state index in [-0.39, 0.29) is 11.3 Å². The molecular weight excluding hydrogens is 488 g/mol. The van der Waals surface area contributed by atoms with Gasteiger partial charge in [-0.15, -0.1) is 0 Å². The first kappa shape index (κ1) is 23.1. The minimum Gasteiger partial charge on any atom is -0.278 e. The number of aromatic nitrogens is 4. The molecule has 192 valence electrons.